The number of halogens is 1. The van der Waals surface area contributed by atoms with E-state index in [9.17, 15) is 4.79 Å². The van der Waals surface area contributed by atoms with E-state index in [1.807, 2.05) is 12.4 Å². The molecule has 0 aliphatic carbocycles. The van der Waals surface area contributed by atoms with Gasteiger partial charge in [0.25, 0.3) is 5.91 Å². The van der Waals surface area contributed by atoms with Gasteiger partial charge < -0.3 is 10.2 Å². The van der Waals surface area contributed by atoms with Crippen molar-refractivity contribution in [3.8, 4) is 0 Å². The van der Waals surface area contributed by atoms with Crippen LogP contribution >= 0.6 is 22.9 Å². The first-order valence-corrected chi connectivity index (χ1v) is 6.17. The van der Waals surface area contributed by atoms with Gasteiger partial charge in [0.15, 0.2) is 0 Å². The van der Waals surface area contributed by atoms with Crippen LogP contribution in [0.15, 0.2) is 11.4 Å². The average Bonchev–Trinajstić information content (AvgIpc) is 2.85. The highest BCUT2D eigenvalue weighted by molar-refractivity contribution is 7.12. The third-order valence-corrected chi connectivity index (χ3v) is 4.04. The van der Waals surface area contributed by atoms with Crippen LogP contribution in [0.5, 0.6) is 0 Å². The van der Waals surface area contributed by atoms with Gasteiger partial charge in [0, 0.05) is 19.6 Å². The quantitative estimate of drug-likeness (QED) is 0.861. The summed E-state index contributed by atoms with van der Waals surface area (Å²) in [5, 5.41) is 5.65. The highest BCUT2D eigenvalue weighted by Gasteiger charge is 2.25. The molecule has 0 aromatic carbocycles. The van der Waals surface area contributed by atoms with Crippen molar-refractivity contribution in [1.29, 1.82) is 0 Å². The van der Waals surface area contributed by atoms with Gasteiger partial charge in [-0.15, -0.1) is 11.3 Å². The minimum absolute atomic E-state index is 0.0312. The Labute approximate surface area is 98.0 Å². The Hall–Kier alpha value is -0.580. The monoisotopic (exact) mass is 244 g/mol. The van der Waals surface area contributed by atoms with Crippen molar-refractivity contribution in [2.24, 2.45) is 0 Å². The van der Waals surface area contributed by atoms with Crippen molar-refractivity contribution >= 4 is 28.8 Å². The van der Waals surface area contributed by atoms with Crippen LogP contribution in [0.25, 0.3) is 0 Å². The maximum Gasteiger partial charge on any atom is 0.265 e. The van der Waals surface area contributed by atoms with Crippen molar-refractivity contribution < 1.29 is 4.79 Å². The fraction of sp³-hybridized carbons (Fsp3) is 0.500. The normalized spacial score (nSPS) is 20.5. The average molecular weight is 245 g/mol. The Morgan fingerprint density at radius 1 is 1.73 bits per heavy atom. The molecule has 1 aromatic heterocycles. The lowest BCUT2D eigenvalue weighted by Gasteiger charge is -2.23. The second-order valence-corrected chi connectivity index (χ2v) is 4.98. The summed E-state index contributed by atoms with van der Waals surface area (Å²) in [6.07, 6.45) is 1.02. The number of carbonyl (C=O) groups is 1. The largest absolute Gasteiger partial charge is 0.337 e. The maximum atomic E-state index is 12.0. The Morgan fingerprint density at radius 3 is 3.07 bits per heavy atom. The Bertz CT molecular complexity index is 360. The number of carbonyl (C=O) groups excluding carboxylic acids is 1. The van der Waals surface area contributed by atoms with E-state index in [-0.39, 0.29) is 5.91 Å². The van der Waals surface area contributed by atoms with E-state index in [1.165, 1.54) is 11.3 Å². The summed E-state index contributed by atoms with van der Waals surface area (Å²) in [6, 6.07) is 2.07. The summed E-state index contributed by atoms with van der Waals surface area (Å²) >= 11 is 7.33. The van der Waals surface area contributed by atoms with E-state index in [0.29, 0.717) is 15.9 Å². The third kappa shape index (κ3) is 2.17. The number of rotatable bonds is 2. The van der Waals surface area contributed by atoms with Crippen molar-refractivity contribution in [1.82, 2.24) is 10.2 Å². The zero-order chi connectivity index (χ0) is 10.8. The molecule has 0 radical (unpaired) electrons. The third-order valence-electron chi connectivity index (χ3n) is 2.71. The molecular weight excluding hydrogens is 232 g/mol. The molecular formula is C10H13ClN2OS. The molecule has 1 aliphatic heterocycles. The molecule has 1 saturated heterocycles. The molecule has 3 nitrogen and oxygen atoms in total. The van der Waals surface area contributed by atoms with Crippen LogP contribution in [0.1, 0.15) is 16.1 Å². The number of nitrogens with one attached hydrogen (secondary N) is 1. The van der Waals surface area contributed by atoms with Crippen LogP contribution in [0.2, 0.25) is 5.02 Å². The fourth-order valence-electron chi connectivity index (χ4n) is 1.74. The van der Waals surface area contributed by atoms with Gasteiger partial charge in [-0.2, -0.15) is 0 Å². The molecule has 15 heavy (non-hydrogen) atoms. The van der Waals surface area contributed by atoms with Gasteiger partial charge in [0.05, 0.1) is 5.02 Å². The molecule has 82 valence electrons. The number of amides is 1. The molecule has 1 N–H and O–H groups in total. The van der Waals surface area contributed by atoms with Crippen molar-refractivity contribution in [3.63, 3.8) is 0 Å². The topological polar surface area (TPSA) is 32.3 Å². The van der Waals surface area contributed by atoms with E-state index < -0.39 is 0 Å². The Morgan fingerprint density at radius 2 is 2.53 bits per heavy atom. The van der Waals surface area contributed by atoms with Gasteiger partial charge in [-0.3, -0.25) is 4.79 Å². The molecule has 2 rings (SSSR count). The van der Waals surface area contributed by atoms with Gasteiger partial charge in [-0.25, -0.2) is 0 Å². The van der Waals surface area contributed by atoms with E-state index in [1.54, 1.807) is 11.0 Å². The second kappa shape index (κ2) is 4.51. The van der Waals surface area contributed by atoms with Gasteiger partial charge in [0.2, 0.25) is 0 Å². The Kier molecular flexibility index (Phi) is 3.29. The minimum atomic E-state index is 0.0312. The van der Waals surface area contributed by atoms with Crippen molar-refractivity contribution in [3.05, 3.63) is 21.3 Å². The molecule has 1 unspecified atom stereocenters. The lowest BCUT2D eigenvalue weighted by molar-refractivity contribution is 0.0749. The smallest absolute Gasteiger partial charge is 0.265 e. The fourth-order valence-corrected chi connectivity index (χ4v) is 2.86. The molecule has 0 spiro atoms. The summed E-state index contributed by atoms with van der Waals surface area (Å²) in [5.74, 6) is 0.0312. The molecule has 0 bridgehead atoms. The first-order valence-electron chi connectivity index (χ1n) is 4.91. The van der Waals surface area contributed by atoms with E-state index >= 15 is 0 Å². The maximum absolute atomic E-state index is 12.0. The molecule has 1 atom stereocenters. The van der Waals surface area contributed by atoms with Gasteiger partial charge >= 0.3 is 0 Å². The first kappa shape index (κ1) is 10.9. The molecule has 0 saturated carbocycles. The molecule has 1 amide bonds. The van der Waals surface area contributed by atoms with Crippen molar-refractivity contribution in [2.75, 3.05) is 20.1 Å². The first-order chi connectivity index (χ1) is 7.20. The van der Waals surface area contributed by atoms with Crippen LogP contribution in [0.3, 0.4) is 0 Å². The van der Waals surface area contributed by atoms with E-state index in [4.69, 9.17) is 11.6 Å². The van der Waals surface area contributed by atoms with E-state index in [0.717, 1.165) is 19.5 Å². The molecule has 1 aromatic rings. The van der Waals surface area contributed by atoms with Crippen molar-refractivity contribution in [2.45, 2.75) is 12.5 Å². The lowest BCUT2D eigenvalue weighted by Crippen LogP contribution is -2.38. The minimum Gasteiger partial charge on any atom is -0.337 e. The number of hydrogen-bond donors (Lipinski definition) is 1. The van der Waals surface area contributed by atoms with Gasteiger partial charge in [-0.1, -0.05) is 11.6 Å². The van der Waals surface area contributed by atoms with Crippen LogP contribution in [-0.4, -0.2) is 37.0 Å². The summed E-state index contributed by atoms with van der Waals surface area (Å²) in [4.78, 5) is 14.5. The number of nitrogens with zero attached hydrogens (tertiary/aromatic N) is 1. The Balaban J connectivity index is 2.10. The molecule has 1 fully saturated rings. The zero-order valence-electron chi connectivity index (χ0n) is 8.50. The standard InChI is InChI=1S/C10H13ClN2OS/c1-13(7-2-4-12-6-7)10(14)9-8(11)3-5-15-9/h3,5,7,12H,2,4,6H2,1H3. The predicted molar refractivity (Wildman–Crippen MR) is 62.7 cm³/mol. The predicted octanol–water partition coefficient (Wildman–Crippen LogP) is 1.84. The summed E-state index contributed by atoms with van der Waals surface area (Å²) < 4.78 is 0. The van der Waals surface area contributed by atoms with Crippen LogP contribution in [0.4, 0.5) is 0 Å². The second-order valence-electron chi connectivity index (χ2n) is 3.66. The van der Waals surface area contributed by atoms with Crippen LogP contribution in [0, 0.1) is 0 Å². The zero-order valence-corrected chi connectivity index (χ0v) is 10.1. The van der Waals surface area contributed by atoms with E-state index in [2.05, 4.69) is 5.32 Å². The highest BCUT2D eigenvalue weighted by Crippen LogP contribution is 2.24. The van der Waals surface area contributed by atoms with Crippen LogP contribution < -0.4 is 5.32 Å². The lowest BCUT2D eigenvalue weighted by atomic mass is 10.2. The number of hydrogen-bond acceptors (Lipinski definition) is 3. The SMILES string of the molecule is CN(C(=O)c1sccc1Cl)C1CCNC1. The summed E-state index contributed by atoms with van der Waals surface area (Å²) in [7, 11) is 1.84. The van der Waals surface area contributed by atoms with Gasteiger partial charge in [-0.05, 0) is 24.4 Å². The summed E-state index contributed by atoms with van der Waals surface area (Å²) in [6.45, 7) is 1.87. The molecule has 2 heterocycles. The molecule has 1 aliphatic rings. The highest BCUT2D eigenvalue weighted by atomic mass is 35.5. The number of thiophene rings is 1. The molecule has 5 heteroatoms. The summed E-state index contributed by atoms with van der Waals surface area (Å²) in [5.41, 5.74) is 0. The number of likely N-dealkylation sites (N-methyl/N-ethyl adjacent to an activating group) is 1. The van der Waals surface area contributed by atoms with Gasteiger partial charge in [0.1, 0.15) is 4.88 Å². The van der Waals surface area contributed by atoms with Crippen LogP contribution in [-0.2, 0) is 0 Å².